The molecule has 0 radical (unpaired) electrons. The van der Waals surface area contributed by atoms with Gasteiger partial charge in [0.05, 0.1) is 11.0 Å². The summed E-state index contributed by atoms with van der Waals surface area (Å²) in [6, 6.07) is 49.7. The molecule has 0 saturated carbocycles. The number of aromatic nitrogens is 2. The van der Waals surface area contributed by atoms with Crippen molar-refractivity contribution in [2.75, 3.05) is 0 Å². The highest BCUT2D eigenvalue weighted by Gasteiger charge is 2.13. The number of aromatic amines is 1. The van der Waals surface area contributed by atoms with Crippen LogP contribution >= 0.6 is 0 Å². The minimum atomic E-state index is 1.18. The summed E-state index contributed by atoms with van der Waals surface area (Å²) in [6.07, 6.45) is 0. The molecule has 44 heavy (non-hydrogen) atoms. The number of rotatable bonds is 2. The first-order valence-corrected chi connectivity index (χ1v) is 15.8. The van der Waals surface area contributed by atoms with Crippen molar-refractivity contribution in [3.63, 3.8) is 0 Å². The Bertz CT molecular complexity index is 2110. The minimum Gasteiger partial charge on any atom is -0.354 e. The monoisotopic (exact) mass is 574 g/mol. The Labute approximate surface area is 261 Å². The zero-order valence-corrected chi connectivity index (χ0v) is 26.7. The number of H-pyrrole nitrogens is 1. The van der Waals surface area contributed by atoms with Gasteiger partial charge in [0.15, 0.2) is 0 Å². The van der Waals surface area contributed by atoms with Crippen LogP contribution < -0.4 is 0 Å². The van der Waals surface area contributed by atoms with Crippen LogP contribution in [0.25, 0.3) is 60.4 Å². The summed E-state index contributed by atoms with van der Waals surface area (Å²) in [5.41, 5.74) is 11.2. The van der Waals surface area contributed by atoms with Crippen molar-refractivity contribution >= 4 is 43.6 Å². The molecule has 2 heterocycles. The summed E-state index contributed by atoms with van der Waals surface area (Å²) in [6.45, 7) is 12.2. The zero-order valence-electron chi connectivity index (χ0n) is 26.7. The van der Waals surface area contributed by atoms with Crippen LogP contribution in [0.1, 0.15) is 38.8 Å². The summed E-state index contributed by atoms with van der Waals surface area (Å²) < 4.78 is 2.36. The largest absolute Gasteiger partial charge is 0.354 e. The summed E-state index contributed by atoms with van der Waals surface area (Å²) in [5.74, 6) is 0. The van der Waals surface area contributed by atoms with Crippen LogP contribution in [0, 0.1) is 13.8 Å². The minimum absolute atomic E-state index is 1.18. The van der Waals surface area contributed by atoms with E-state index in [2.05, 4.69) is 163 Å². The molecule has 0 unspecified atom stereocenters. The average Bonchev–Trinajstić information content (AvgIpc) is 3.63. The molecule has 2 heteroatoms. The molecule has 6 aromatic carbocycles. The van der Waals surface area contributed by atoms with Gasteiger partial charge >= 0.3 is 0 Å². The van der Waals surface area contributed by atoms with E-state index in [1.165, 1.54) is 71.6 Å². The third-order valence-electron chi connectivity index (χ3n) is 7.95. The fourth-order valence-corrected chi connectivity index (χ4v) is 5.70. The van der Waals surface area contributed by atoms with Gasteiger partial charge in [-0.3, -0.25) is 0 Å². The third-order valence-corrected chi connectivity index (χ3v) is 7.95. The van der Waals surface area contributed by atoms with Gasteiger partial charge in [-0.1, -0.05) is 125 Å². The van der Waals surface area contributed by atoms with E-state index < -0.39 is 0 Å². The van der Waals surface area contributed by atoms with Gasteiger partial charge in [0.1, 0.15) is 0 Å². The molecule has 0 spiro atoms. The molecule has 0 bridgehead atoms. The molecule has 0 saturated heterocycles. The molecule has 8 rings (SSSR count). The normalized spacial score (nSPS) is 10.5. The van der Waals surface area contributed by atoms with Crippen molar-refractivity contribution in [1.29, 1.82) is 0 Å². The van der Waals surface area contributed by atoms with Crippen LogP contribution in [0.2, 0.25) is 0 Å². The molecule has 0 aliphatic rings. The SMILES string of the molecule is CC.CC.Cc1ccccc1C.c1ccc(-n2c3ccccc3c3cc(-c4ccc5c(c4)[nH]c4ccccc45)ccc32)cc1. The van der Waals surface area contributed by atoms with E-state index in [0.29, 0.717) is 0 Å². The number of nitrogens with zero attached hydrogens (tertiary/aromatic N) is 1. The number of fused-ring (bicyclic) bond motifs is 6. The number of hydrogen-bond donors (Lipinski definition) is 1. The lowest BCUT2D eigenvalue weighted by molar-refractivity contribution is 1.18. The molecule has 2 nitrogen and oxygen atoms in total. The fraction of sp³-hybridized carbons (Fsp3) is 0.143. The van der Waals surface area contributed by atoms with Gasteiger partial charge in [-0.25, -0.2) is 0 Å². The van der Waals surface area contributed by atoms with E-state index in [1.54, 1.807) is 0 Å². The standard InChI is InChI=1S/C30H20N2.C8H10.2C2H6/c1-2-8-22(9-3-1)32-29-13-7-5-11-25(29)26-18-20(15-17-30(26)32)21-14-16-24-23-10-4-6-12-27(23)31-28(24)19-21;1-7-5-3-4-6-8(7)2;2*1-2/h1-19,31H;3-6H,1-2H3;2*1-2H3. The van der Waals surface area contributed by atoms with Gasteiger partial charge in [-0.15, -0.1) is 0 Å². The molecule has 0 aliphatic carbocycles. The van der Waals surface area contributed by atoms with Gasteiger partial charge in [0, 0.05) is 38.3 Å². The van der Waals surface area contributed by atoms with Crippen molar-refractivity contribution in [3.05, 3.63) is 151 Å². The van der Waals surface area contributed by atoms with E-state index in [-0.39, 0.29) is 0 Å². The molecule has 0 aliphatic heterocycles. The Balaban J connectivity index is 0.000000275. The van der Waals surface area contributed by atoms with Crippen molar-refractivity contribution < 1.29 is 0 Å². The maximum Gasteiger partial charge on any atom is 0.0541 e. The van der Waals surface area contributed by atoms with Crippen LogP contribution in [0.3, 0.4) is 0 Å². The van der Waals surface area contributed by atoms with Crippen LogP contribution in [0.15, 0.2) is 140 Å². The molecule has 220 valence electrons. The van der Waals surface area contributed by atoms with Crippen LogP contribution in [0.5, 0.6) is 0 Å². The fourth-order valence-electron chi connectivity index (χ4n) is 5.70. The van der Waals surface area contributed by atoms with Crippen LogP contribution in [0.4, 0.5) is 0 Å². The first kappa shape index (κ1) is 30.4. The molecule has 0 amide bonds. The zero-order chi connectivity index (χ0) is 31.1. The van der Waals surface area contributed by atoms with E-state index in [1.807, 2.05) is 27.7 Å². The second-order valence-corrected chi connectivity index (χ2v) is 10.4. The number of benzene rings is 6. The second kappa shape index (κ2) is 13.9. The van der Waals surface area contributed by atoms with E-state index in [0.717, 1.165) is 0 Å². The smallest absolute Gasteiger partial charge is 0.0541 e. The summed E-state index contributed by atoms with van der Waals surface area (Å²) >= 11 is 0. The summed E-state index contributed by atoms with van der Waals surface area (Å²) in [4.78, 5) is 3.58. The number of aryl methyl sites for hydroxylation is 2. The lowest BCUT2D eigenvalue weighted by Crippen LogP contribution is -1.92. The Kier molecular flexibility index (Phi) is 9.62. The topological polar surface area (TPSA) is 20.7 Å². The lowest BCUT2D eigenvalue weighted by atomic mass is 10.0. The Morgan fingerprint density at radius 1 is 0.409 bits per heavy atom. The number of nitrogens with one attached hydrogen (secondary N) is 1. The van der Waals surface area contributed by atoms with Crippen LogP contribution in [-0.4, -0.2) is 9.55 Å². The molecular weight excluding hydrogens is 532 g/mol. The first-order chi connectivity index (χ1) is 21.7. The summed E-state index contributed by atoms with van der Waals surface area (Å²) in [5, 5.41) is 5.10. The third kappa shape index (κ3) is 5.89. The second-order valence-electron chi connectivity index (χ2n) is 10.4. The molecule has 8 aromatic rings. The predicted molar refractivity (Wildman–Crippen MR) is 194 cm³/mol. The van der Waals surface area contributed by atoms with Crippen molar-refractivity contribution in [2.45, 2.75) is 41.5 Å². The lowest BCUT2D eigenvalue weighted by Gasteiger charge is -2.08. The van der Waals surface area contributed by atoms with E-state index in [4.69, 9.17) is 0 Å². The van der Waals surface area contributed by atoms with Gasteiger partial charge in [0.25, 0.3) is 0 Å². The van der Waals surface area contributed by atoms with Gasteiger partial charge < -0.3 is 9.55 Å². The maximum atomic E-state index is 3.58. The molecule has 0 atom stereocenters. The molecule has 1 N–H and O–H groups in total. The molecular formula is C42H42N2. The molecule has 0 fully saturated rings. The average molecular weight is 575 g/mol. The highest BCUT2D eigenvalue weighted by atomic mass is 15.0. The Morgan fingerprint density at radius 3 is 1.64 bits per heavy atom. The summed E-state index contributed by atoms with van der Waals surface area (Å²) in [7, 11) is 0. The van der Waals surface area contributed by atoms with Gasteiger partial charge in [-0.2, -0.15) is 0 Å². The van der Waals surface area contributed by atoms with E-state index in [9.17, 15) is 0 Å². The van der Waals surface area contributed by atoms with Crippen molar-refractivity contribution in [3.8, 4) is 16.8 Å². The van der Waals surface area contributed by atoms with Gasteiger partial charge in [-0.05, 0) is 78.6 Å². The van der Waals surface area contributed by atoms with Crippen molar-refractivity contribution in [2.24, 2.45) is 0 Å². The van der Waals surface area contributed by atoms with Gasteiger partial charge in [0.2, 0.25) is 0 Å². The van der Waals surface area contributed by atoms with Crippen molar-refractivity contribution in [1.82, 2.24) is 9.55 Å². The predicted octanol–water partition coefficient (Wildman–Crippen LogP) is 12.4. The Morgan fingerprint density at radius 2 is 0.932 bits per heavy atom. The maximum absolute atomic E-state index is 3.58. The number of hydrogen-bond acceptors (Lipinski definition) is 0. The quantitative estimate of drug-likeness (QED) is 0.212. The Hall–Kier alpha value is -5.08. The van der Waals surface area contributed by atoms with E-state index >= 15 is 0 Å². The van der Waals surface area contributed by atoms with Crippen LogP contribution in [-0.2, 0) is 0 Å². The highest BCUT2D eigenvalue weighted by molar-refractivity contribution is 6.11. The number of para-hydroxylation sites is 3. The first-order valence-electron chi connectivity index (χ1n) is 15.8. The highest BCUT2D eigenvalue weighted by Crippen LogP contribution is 2.36. The molecule has 2 aromatic heterocycles.